The fourth-order valence-electron chi connectivity index (χ4n) is 10.5. The van der Waals surface area contributed by atoms with Gasteiger partial charge in [-0.15, -0.1) is 0 Å². The Labute approximate surface area is 480 Å². The van der Waals surface area contributed by atoms with Gasteiger partial charge in [-0.05, 0) is 89.9 Å². The zero-order valence-electron chi connectivity index (χ0n) is 51.7. The third kappa shape index (κ3) is 62.9. The van der Waals surface area contributed by atoms with Crippen LogP contribution < -0.4 is 5.32 Å². The Morgan fingerprint density at radius 2 is 0.649 bits per heavy atom. The fraction of sp³-hybridized carbons (Fsp3) is 0.859. The van der Waals surface area contributed by atoms with Crippen molar-refractivity contribution in [1.82, 2.24) is 5.32 Å². The van der Waals surface area contributed by atoms with Crippen molar-refractivity contribution >= 4 is 11.9 Å². The highest BCUT2D eigenvalue weighted by Gasteiger charge is 2.18. The van der Waals surface area contributed by atoms with E-state index in [1.54, 1.807) is 6.08 Å². The molecule has 0 rings (SSSR count). The quantitative estimate of drug-likeness (QED) is 0.0320. The highest BCUT2D eigenvalue weighted by Crippen LogP contribution is 2.17. The second kappa shape index (κ2) is 66.3. The molecule has 0 fully saturated rings. The summed E-state index contributed by atoms with van der Waals surface area (Å²) in [7, 11) is 0. The maximum atomic E-state index is 12.5. The summed E-state index contributed by atoms with van der Waals surface area (Å²) in [5.41, 5.74) is 0. The fourth-order valence-corrected chi connectivity index (χ4v) is 10.5. The number of rotatable bonds is 64. The Hall–Kier alpha value is -2.18. The molecule has 1 amide bonds. The maximum absolute atomic E-state index is 12.5. The molecule has 0 aliphatic rings. The van der Waals surface area contributed by atoms with Crippen LogP contribution in [0.1, 0.15) is 367 Å². The Balaban J connectivity index is 3.40. The van der Waals surface area contributed by atoms with E-state index in [4.69, 9.17) is 4.74 Å². The van der Waals surface area contributed by atoms with Crippen molar-refractivity contribution in [3.63, 3.8) is 0 Å². The molecule has 0 aliphatic heterocycles. The van der Waals surface area contributed by atoms with Crippen molar-refractivity contribution in [3.8, 4) is 0 Å². The van der Waals surface area contributed by atoms with E-state index in [9.17, 15) is 19.8 Å². The molecule has 0 heterocycles. The number of ether oxygens (including phenoxy) is 1. The highest BCUT2D eigenvalue weighted by molar-refractivity contribution is 5.76. The normalized spacial score (nSPS) is 12.8. The lowest BCUT2D eigenvalue weighted by atomic mass is 10.0. The number of esters is 1. The van der Waals surface area contributed by atoms with Gasteiger partial charge in [-0.2, -0.15) is 0 Å². The summed E-state index contributed by atoms with van der Waals surface area (Å²) in [5, 5.41) is 23.1. The zero-order valence-corrected chi connectivity index (χ0v) is 51.7. The molecule has 0 bridgehead atoms. The van der Waals surface area contributed by atoms with Gasteiger partial charge in [0, 0.05) is 12.8 Å². The van der Waals surface area contributed by atoms with Crippen LogP contribution in [0, 0.1) is 0 Å². The molecule has 0 aromatic carbocycles. The zero-order chi connectivity index (χ0) is 55.7. The van der Waals surface area contributed by atoms with Crippen LogP contribution in [0.3, 0.4) is 0 Å². The first-order valence-electron chi connectivity index (χ1n) is 34.4. The summed E-state index contributed by atoms with van der Waals surface area (Å²) in [6.45, 7) is 4.91. The second-order valence-electron chi connectivity index (χ2n) is 23.5. The number of hydrogen-bond donors (Lipinski definition) is 3. The van der Waals surface area contributed by atoms with E-state index >= 15 is 0 Å². The Bertz CT molecular complexity index is 1290. The number of carbonyl (C=O) groups excluding carboxylic acids is 2. The number of carbonyl (C=O) groups is 2. The van der Waals surface area contributed by atoms with Gasteiger partial charge in [-0.25, -0.2) is 0 Å². The average molecular weight is 1080 g/mol. The number of amides is 1. The minimum absolute atomic E-state index is 0.00549. The highest BCUT2D eigenvalue weighted by atomic mass is 16.5. The van der Waals surface area contributed by atoms with E-state index in [-0.39, 0.29) is 18.5 Å². The van der Waals surface area contributed by atoms with Crippen LogP contribution in [0.15, 0.2) is 48.6 Å². The minimum atomic E-state index is -0.844. The van der Waals surface area contributed by atoms with Crippen LogP contribution in [0.2, 0.25) is 0 Å². The van der Waals surface area contributed by atoms with E-state index in [2.05, 4.69) is 55.6 Å². The molecule has 77 heavy (non-hydrogen) atoms. The molecule has 452 valence electrons. The molecule has 0 aliphatic carbocycles. The Morgan fingerprint density at radius 1 is 0.364 bits per heavy atom. The van der Waals surface area contributed by atoms with Gasteiger partial charge in [0.05, 0.1) is 25.4 Å². The van der Waals surface area contributed by atoms with Crippen molar-refractivity contribution in [2.45, 2.75) is 379 Å². The predicted molar refractivity (Wildman–Crippen MR) is 338 cm³/mol. The average Bonchev–Trinajstić information content (AvgIpc) is 3.43. The van der Waals surface area contributed by atoms with Gasteiger partial charge in [0.1, 0.15) is 0 Å². The lowest BCUT2D eigenvalue weighted by Gasteiger charge is -2.20. The van der Waals surface area contributed by atoms with E-state index in [0.29, 0.717) is 19.4 Å². The summed E-state index contributed by atoms with van der Waals surface area (Å²) in [6, 6.07) is -0.627. The molecule has 2 unspecified atom stereocenters. The van der Waals surface area contributed by atoms with E-state index < -0.39 is 12.1 Å². The van der Waals surface area contributed by atoms with Crippen LogP contribution in [0.4, 0.5) is 0 Å². The molecule has 0 saturated heterocycles. The number of unbranched alkanes of at least 4 members (excludes halogenated alkanes) is 47. The summed E-state index contributed by atoms with van der Waals surface area (Å²) >= 11 is 0. The third-order valence-corrected chi connectivity index (χ3v) is 15.8. The van der Waals surface area contributed by atoms with E-state index in [0.717, 1.165) is 51.4 Å². The molecular formula is C71H133NO5. The molecule has 0 spiro atoms. The number of allylic oxidation sites excluding steroid dienone is 7. The lowest BCUT2D eigenvalue weighted by molar-refractivity contribution is -0.143. The standard InChI is InChI=1S/C71H133NO5/c1-3-5-7-9-11-13-15-17-18-37-41-45-49-53-57-61-65-71(76)77-66-62-58-54-50-46-42-38-35-33-31-29-27-25-23-21-19-20-22-24-26-28-30-32-34-36-40-44-48-52-56-60-64-70(75)72-68(67-73)69(74)63-59-55-51-47-43-39-16-14-12-10-8-6-4-2/h18,21,23,27,29,37,59,63,68-69,73-74H,3-17,19-20,22,24-26,28,30-36,38-58,60-62,64-67H2,1-2H3,(H,72,75)/b23-21-,29-27-,37-18-,63-59+. The van der Waals surface area contributed by atoms with Gasteiger partial charge < -0.3 is 20.3 Å². The van der Waals surface area contributed by atoms with Crippen LogP contribution in [0.5, 0.6) is 0 Å². The van der Waals surface area contributed by atoms with Gasteiger partial charge in [-0.1, -0.05) is 313 Å². The lowest BCUT2D eigenvalue weighted by Crippen LogP contribution is -2.45. The molecule has 0 saturated carbocycles. The maximum Gasteiger partial charge on any atom is 0.305 e. The largest absolute Gasteiger partial charge is 0.466 e. The smallest absolute Gasteiger partial charge is 0.305 e. The summed E-state index contributed by atoms with van der Waals surface area (Å²) < 4.78 is 5.49. The molecule has 6 nitrogen and oxygen atoms in total. The van der Waals surface area contributed by atoms with Gasteiger partial charge in [0.2, 0.25) is 5.91 Å². The molecule has 6 heteroatoms. The van der Waals surface area contributed by atoms with Crippen LogP contribution in [0.25, 0.3) is 0 Å². The molecular weight excluding hydrogens is 947 g/mol. The monoisotopic (exact) mass is 1080 g/mol. The topological polar surface area (TPSA) is 95.9 Å². The van der Waals surface area contributed by atoms with Gasteiger partial charge in [0.25, 0.3) is 0 Å². The van der Waals surface area contributed by atoms with Crippen molar-refractivity contribution < 1.29 is 24.5 Å². The Morgan fingerprint density at radius 3 is 1.00 bits per heavy atom. The first-order chi connectivity index (χ1) is 38.0. The van der Waals surface area contributed by atoms with Crippen molar-refractivity contribution in [2.75, 3.05) is 13.2 Å². The number of aliphatic hydroxyl groups is 2. The van der Waals surface area contributed by atoms with Gasteiger partial charge >= 0.3 is 5.97 Å². The predicted octanol–water partition coefficient (Wildman–Crippen LogP) is 22.1. The summed E-state index contributed by atoms with van der Waals surface area (Å²) in [5.74, 6) is -0.0613. The number of aliphatic hydroxyl groups excluding tert-OH is 2. The van der Waals surface area contributed by atoms with Gasteiger partial charge in [0.15, 0.2) is 0 Å². The SMILES string of the molecule is CCCCCCCCC/C=C\CCCCCCCC(=O)OCCCCCCCCCCC/C=C\C/C=C\CCCCCCCCCCCCCCCCCC(=O)NC(CO)C(O)/C=C/CCCCCCCCCCCCC. The first-order valence-corrected chi connectivity index (χ1v) is 34.4. The van der Waals surface area contributed by atoms with Crippen LogP contribution >= 0.6 is 0 Å². The second-order valence-corrected chi connectivity index (χ2v) is 23.5. The number of nitrogens with one attached hydrogen (secondary N) is 1. The minimum Gasteiger partial charge on any atom is -0.466 e. The van der Waals surface area contributed by atoms with Crippen molar-refractivity contribution in [3.05, 3.63) is 48.6 Å². The number of hydrogen-bond acceptors (Lipinski definition) is 5. The van der Waals surface area contributed by atoms with Crippen LogP contribution in [-0.4, -0.2) is 47.4 Å². The Kier molecular flexibility index (Phi) is 64.5. The summed E-state index contributed by atoms with van der Waals surface area (Å²) in [4.78, 5) is 24.5. The molecule has 0 aromatic heterocycles. The third-order valence-electron chi connectivity index (χ3n) is 15.8. The summed E-state index contributed by atoms with van der Waals surface area (Å²) in [6.07, 6.45) is 86.2. The van der Waals surface area contributed by atoms with Crippen molar-refractivity contribution in [2.24, 2.45) is 0 Å². The van der Waals surface area contributed by atoms with E-state index in [1.165, 1.54) is 289 Å². The molecule has 2 atom stereocenters. The molecule has 0 radical (unpaired) electrons. The van der Waals surface area contributed by atoms with Crippen molar-refractivity contribution in [1.29, 1.82) is 0 Å². The molecule has 0 aromatic rings. The first kappa shape index (κ1) is 74.8. The van der Waals surface area contributed by atoms with Crippen LogP contribution in [-0.2, 0) is 14.3 Å². The van der Waals surface area contributed by atoms with E-state index in [1.807, 2.05) is 6.08 Å². The van der Waals surface area contributed by atoms with Gasteiger partial charge in [-0.3, -0.25) is 9.59 Å². The molecule has 3 N–H and O–H groups in total.